The van der Waals surface area contributed by atoms with E-state index in [9.17, 15) is 29.4 Å². The summed E-state index contributed by atoms with van der Waals surface area (Å²) in [5.41, 5.74) is 12.1. The van der Waals surface area contributed by atoms with E-state index in [0.717, 1.165) is 53.1 Å². The van der Waals surface area contributed by atoms with E-state index >= 15 is 0 Å². The molecule has 6 N–H and O–H groups in total. The molecule has 0 radical (unpaired) electrons. The number of rotatable bonds is 16. The molecule has 4 heterocycles. The molecule has 0 saturated carbocycles. The number of benzene rings is 2. The number of para-hydroxylation sites is 1. The number of nitrogen functional groups attached to an aromatic ring is 1. The predicted octanol–water partition coefficient (Wildman–Crippen LogP) is 5.61. The summed E-state index contributed by atoms with van der Waals surface area (Å²) in [4.78, 5) is 64.8. The largest absolute Gasteiger partial charge is 0.507 e. The zero-order valence-electron chi connectivity index (χ0n) is 36.5. The van der Waals surface area contributed by atoms with Crippen LogP contribution in [-0.2, 0) is 19.2 Å². The number of hydrogen-bond donors (Lipinski definition) is 5. The molecule has 62 heavy (non-hydrogen) atoms. The first-order valence-corrected chi connectivity index (χ1v) is 22.5. The normalized spacial score (nSPS) is 17.7. The number of phenols is 1. The number of nitrogens with two attached hydrogens (primary N) is 1. The number of aromatic nitrogens is 3. The topological polar surface area (TPSA) is 207 Å². The van der Waals surface area contributed by atoms with Gasteiger partial charge in [-0.05, 0) is 61.4 Å². The van der Waals surface area contributed by atoms with Crippen LogP contribution in [0.2, 0.25) is 0 Å². The van der Waals surface area contributed by atoms with Gasteiger partial charge in [-0.1, -0.05) is 76.4 Å². The average Bonchev–Trinajstić information content (AvgIpc) is 3.87. The van der Waals surface area contributed by atoms with Crippen LogP contribution >= 0.6 is 11.3 Å². The molecule has 0 spiro atoms. The van der Waals surface area contributed by atoms with Crippen LogP contribution in [0, 0.1) is 12.3 Å². The van der Waals surface area contributed by atoms with Crippen molar-refractivity contribution in [2.45, 2.75) is 110 Å². The van der Waals surface area contributed by atoms with Crippen molar-refractivity contribution in [1.29, 1.82) is 0 Å². The molecule has 0 bridgehead atoms. The Hall–Kier alpha value is -5.61. The number of amides is 4. The van der Waals surface area contributed by atoms with Crippen molar-refractivity contribution < 1.29 is 29.4 Å². The lowest BCUT2D eigenvalue weighted by Gasteiger charge is -2.36. The van der Waals surface area contributed by atoms with Crippen molar-refractivity contribution in [3.8, 4) is 27.4 Å². The van der Waals surface area contributed by atoms with Gasteiger partial charge in [0.2, 0.25) is 23.6 Å². The second-order valence-corrected chi connectivity index (χ2v) is 18.4. The minimum absolute atomic E-state index is 0.0104. The first kappa shape index (κ1) is 45.9. The van der Waals surface area contributed by atoms with Crippen LogP contribution in [0.3, 0.4) is 0 Å². The quantitative estimate of drug-likeness (QED) is 0.0875. The predicted molar refractivity (Wildman–Crippen MR) is 241 cm³/mol. The number of aliphatic hydroxyl groups excluding tert-OH is 1. The first-order valence-electron chi connectivity index (χ1n) is 21.6. The molecule has 0 aliphatic carbocycles. The fourth-order valence-electron chi connectivity index (χ4n) is 8.16. The highest BCUT2D eigenvalue weighted by atomic mass is 32.1. The molecule has 2 fully saturated rings. The van der Waals surface area contributed by atoms with Gasteiger partial charge in [-0.15, -0.1) is 21.5 Å². The number of thiazole rings is 1. The van der Waals surface area contributed by atoms with Gasteiger partial charge in [0.1, 0.15) is 17.8 Å². The summed E-state index contributed by atoms with van der Waals surface area (Å²) in [6.45, 7) is 11.8. The second kappa shape index (κ2) is 20.5. The maximum atomic E-state index is 14.1. The Kier molecular flexibility index (Phi) is 15.2. The number of aromatic hydroxyl groups is 1. The number of aliphatic hydroxyl groups is 1. The molecule has 2 saturated heterocycles. The Morgan fingerprint density at radius 2 is 1.60 bits per heavy atom. The summed E-state index contributed by atoms with van der Waals surface area (Å²) in [5, 5.41) is 35.2. The Bertz CT molecular complexity index is 2180. The Labute approximate surface area is 368 Å². The Balaban J connectivity index is 0.902. The van der Waals surface area contributed by atoms with E-state index in [1.54, 1.807) is 29.5 Å². The number of β-amino-alcohol motifs (C(OH)–C–C–N with tert-alkyl or cyclic N) is 1. The number of likely N-dealkylation sites (tertiary alicyclic amines) is 1. The maximum Gasteiger partial charge on any atom is 0.246 e. The molecule has 4 atom stereocenters. The van der Waals surface area contributed by atoms with E-state index in [-0.39, 0.29) is 54.8 Å². The minimum atomic E-state index is -0.886. The molecule has 4 amide bonds. The fourth-order valence-corrected chi connectivity index (χ4v) is 8.97. The summed E-state index contributed by atoms with van der Waals surface area (Å²) in [6, 6.07) is 14.6. The molecule has 2 aliphatic rings. The average molecular weight is 868 g/mol. The van der Waals surface area contributed by atoms with Crippen LogP contribution < -0.4 is 21.3 Å². The number of hydrogen-bond acceptors (Lipinski definition) is 12. The smallest absolute Gasteiger partial charge is 0.246 e. The van der Waals surface area contributed by atoms with Crippen LogP contribution in [0.15, 0.2) is 60.1 Å². The van der Waals surface area contributed by atoms with E-state index in [1.165, 1.54) is 4.90 Å². The van der Waals surface area contributed by atoms with Gasteiger partial charge < -0.3 is 41.3 Å². The van der Waals surface area contributed by atoms with E-state index in [0.29, 0.717) is 56.1 Å². The van der Waals surface area contributed by atoms with Gasteiger partial charge in [-0.3, -0.25) is 19.2 Å². The Morgan fingerprint density at radius 1 is 0.919 bits per heavy atom. The fraction of sp³-hybridized carbons (Fsp3) is 0.500. The van der Waals surface area contributed by atoms with Crippen LogP contribution in [0.5, 0.6) is 5.75 Å². The SMILES string of the molecule is Cc1ncsc1-c1ccc([C@@H](C)NC(=O)[C@H]2C[C@H](O)CN2C(=O)[C@H](NC(=O)CCCCCCCC(=O)N2CCN(c3cc(-c4ccccc4O)nnc3N)CC2)C(C)(C)C)cc1. The lowest BCUT2D eigenvalue weighted by molar-refractivity contribution is -0.144. The molecule has 0 unspecified atom stereocenters. The van der Waals surface area contributed by atoms with Gasteiger partial charge in [-0.2, -0.15) is 0 Å². The number of nitrogens with zero attached hydrogens (tertiary/aromatic N) is 6. The molecule has 15 nitrogen and oxygen atoms in total. The maximum absolute atomic E-state index is 14.1. The highest BCUT2D eigenvalue weighted by molar-refractivity contribution is 7.13. The standard InChI is InChI=1S/C46H61N9O6S/c1-29(31-17-19-32(20-18-31)41-30(2)48-28-62-41)49-44(60)37-25-33(56)27-55(37)45(61)42(46(3,4)5)50-39(58)15-9-7-6-8-10-16-40(59)54-23-21-53(22-24-54)36-26-35(51-52-43(36)47)34-13-11-12-14-38(34)57/h11-14,17-20,26,28-29,33,37,42,56-57H,6-10,15-16,21-25,27H2,1-5H3,(H2,47,52)(H,49,60)(H,50,58)/t29-,33+,37-,42+/m1/s1. The zero-order valence-corrected chi connectivity index (χ0v) is 37.3. The molecule has 16 heteroatoms. The van der Waals surface area contributed by atoms with Gasteiger partial charge in [0.05, 0.1) is 39.6 Å². The third-order valence-corrected chi connectivity index (χ3v) is 12.8. The van der Waals surface area contributed by atoms with Crippen molar-refractivity contribution in [1.82, 2.24) is 35.6 Å². The highest BCUT2D eigenvalue weighted by Gasteiger charge is 2.44. The molecule has 4 aromatic rings. The highest BCUT2D eigenvalue weighted by Crippen LogP contribution is 2.33. The molecule has 2 aromatic heterocycles. The molecule has 2 aliphatic heterocycles. The monoisotopic (exact) mass is 867 g/mol. The van der Waals surface area contributed by atoms with E-state index in [4.69, 9.17) is 5.73 Å². The number of carbonyl (C=O) groups excluding carboxylic acids is 4. The third kappa shape index (κ3) is 11.4. The third-order valence-electron chi connectivity index (χ3n) is 11.8. The first-order chi connectivity index (χ1) is 29.6. The van der Waals surface area contributed by atoms with Crippen molar-refractivity contribution >= 4 is 46.5 Å². The number of piperazine rings is 1. The van der Waals surface area contributed by atoms with Gasteiger partial charge in [0, 0.05) is 57.5 Å². The van der Waals surface area contributed by atoms with Crippen LogP contribution in [0.25, 0.3) is 21.7 Å². The van der Waals surface area contributed by atoms with Gasteiger partial charge >= 0.3 is 0 Å². The number of nitrogens with one attached hydrogen (secondary N) is 2. The number of unbranched alkanes of at least 4 members (excludes halogenated alkanes) is 4. The summed E-state index contributed by atoms with van der Waals surface area (Å²) >= 11 is 1.58. The summed E-state index contributed by atoms with van der Waals surface area (Å²) in [6.07, 6.45) is 3.91. The van der Waals surface area contributed by atoms with Crippen LogP contribution in [0.1, 0.15) is 96.4 Å². The number of carbonyl (C=O) groups is 4. The number of aryl methyl sites for hydroxylation is 1. The van der Waals surface area contributed by atoms with Crippen LogP contribution in [-0.4, -0.2) is 110 Å². The second-order valence-electron chi connectivity index (χ2n) is 17.5. The minimum Gasteiger partial charge on any atom is -0.507 e. The Morgan fingerprint density at radius 3 is 2.26 bits per heavy atom. The number of anilines is 2. The van der Waals surface area contributed by atoms with E-state index in [2.05, 4.69) is 30.7 Å². The van der Waals surface area contributed by atoms with Crippen molar-refractivity contribution in [2.24, 2.45) is 5.41 Å². The summed E-state index contributed by atoms with van der Waals surface area (Å²) in [5.74, 6) is -0.445. The van der Waals surface area contributed by atoms with Crippen molar-refractivity contribution in [3.05, 3.63) is 71.4 Å². The molecular formula is C46H61N9O6S. The van der Waals surface area contributed by atoms with E-state index in [1.807, 2.05) is 81.4 Å². The summed E-state index contributed by atoms with van der Waals surface area (Å²) in [7, 11) is 0. The van der Waals surface area contributed by atoms with Gasteiger partial charge in [0.25, 0.3) is 0 Å². The lowest BCUT2D eigenvalue weighted by atomic mass is 9.85. The molecule has 6 rings (SSSR count). The summed E-state index contributed by atoms with van der Waals surface area (Å²) < 4.78 is 0. The van der Waals surface area contributed by atoms with Gasteiger partial charge in [0.15, 0.2) is 5.82 Å². The molecular weight excluding hydrogens is 807 g/mol. The lowest BCUT2D eigenvalue weighted by Crippen LogP contribution is -2.57. The molecule has 332 valence electrons. The molecule has 2 aromatic carbocycles. The van der Waals surface area contributed by atoms with Crippen molar-refractivity contribution in [3.63, 3.8) is 0 Å². The zero-order chi connectivity index (χ0) is 44.6. The van der Waals surface area contributed by atoms with Crippen LogP contribution in [0.4, 0.5) is 11.5 Å². The van der Waals surface area contributed by atoms with E-state index < -0.39 is 23.6 Å². The number of phenolic OH excluding ortho intramolecular Hbond substituents is 1. The van der Waals surface area contributed by atoms with Gasteiger partial charge in [-0.25, -0.2) is 4.98 Å². The van der Waals surface area contributed by atoms with Crippen molar-refractivity contribution in [2.75, 3.05) is 43.4 Å².